The number of aromatic nitrogens is 1. The molecule has 8 heteroatoms. The normalized spacial score (nSPS) is 11.6. The Kier molecular flexibility index (Phi) is 4.55. The quantitative estimate of drug-likeness (QED) is 0.731. The second-order valence-electron chi connectivity index (χ2n) is 5.66. The number of aryl methyl sites for hydroxylation is 1. The van der Waals surface area contributed by atoms with Crippen molar-refractivity contribution in [3.8, 4) is 0 Å². The van der Waals surface area contributed by atoms with Gasteiger partial charge in [-0.25, -0.2) is 13.6 Å². The predicted octanol–water partition coefficient (Wildman–Crippen LogP) is 2.41. The molecule has 1 amide bonds. The van der Waals surface area contributed by atoms with Gasteiger partial charge in [-0.3, -0.25) is 4.79 Å². The van der Waals surface area contributed by atoms with Crippen LogP contribution >= 0.6 is 11.6 Å². The van der Waals surface area contributed by atoms with E-state index in [4.69, 9.17) is 16.7 Å². The van der Waals surface area contributed by atoms with Gasteiger partial charge in [-0.15, -0.1) is 0 Å². The van der Waals surface area contributed by atoms with Gasteiger partial charge in [0.25, 0.3) is 5.91 Å². The van der Waals surface area contributed by atoms with E-state index in [1.807, 2.05) is 6.07 Å². The lowest BCUT2D eigenvalue weighted by atomic mass is 10.2. The molecule has 0 saturated carbocycles. The highest BCUT2D eigenvalue weighted by atomic mass is 35.5. The fourth-order valence-corrected chi connectivity index (χ4v) is 3.27. The van der Waals surface area contributed by atoms with Crippen LogP contribution < -0.4 is 10.5 Å². The summed E-state index contributed by atoms with van der Waals surface area (Å²) in [5.74, 6) is -0.231. The van der Waals surface area contributed by atoms with Crippen LogP contribution in [0.3, 0.4) is 0 Å². The van der Waals surface area contributed by atoms with Crippen molar-refractivity contribution in [3.63, 3.8) is 0 Å². The Bertz CT molecular complexity index is 1060. The zero-order valence-electron chi connectivity index (χ0n) is 13.4. The molecule has 2 aromatic carbocycles. The molecule has 0 fully saturated rings. The first-order chi connectivity index (χ1) is 11.8. The number of nitrogens with one attached hydrogen (secondary N) is 1. The molecule has 1 aromatic heterocycles. The van der Waals surface area contributed by atoms with Crippen LogP contribution in [-0.4, -0.2) is 18.9 Å². The average molecular weight is 378 g/mol. The van der Waals surface area contributed by atoms with Crippen molar-refractivity contribution in [2.75, 3.05) is 0 Å². The topological polar surface area (TPSA) is 94.2 Å². The molecular weight excluding hydrogens is 362 g/mol. The summed E-state index contributed by atoms with van der Waals surface area (Å²) in [6.07, 6.45) is 0. The summed E-state index contributed by atoms with van der Waals surface area (Å²) in [6, 6.07) is 13.3. The fraction of sp³-hybridized carbons (Fsp3) is 0.118. The summed E-state index contributed by atoms with van der Waals surface area (Å²) in [4.78, 5) is 12.5. The van der Waals surface area contributed by atoms with Crippen LogP contribution in [0.25, 0.3) is 10.9 Å². The van der Waals surface area contributed by atoms with Gasteiger partial charge in [-0.2, -0.15) is 0 Å². The van der Waals surface area contributed by atoms with E-state index < -0.39 is 10.0 Å². The Morgan fingerprint density at radius 2 is 1.84 bits per heavy atom. The molecule has 0 aliphatic carbocycles. The Morgan fingerprint density at radius 3 is 2.48 bits per heavy atom. The van der Waals surface area contributed by atoms with Gasteiger partial charge in [0.2, 0.25) is 10.0 Å². The number of hydrogen-bond donors (Lipinski definition) is 2. The number of carbonyl (C=O) groups is 1. The summed E-state index contributed by atoms with van der Waals surface area (Å²) in [5.41, 5.74) is 2.15. The molecule has 3 N–H and O–H groups in total. The summed E-state index contributed by atoms with van der Waals surface area (Å²) < 4.78 is 24.3. The van der Waals surface area contributed by atoms with E-state index in [-0.39, 0.29) is 17.3 Å². The van der Waals surface area contributed by atoms with Crippen LogP contribution in [0.2, 0.25) is 5.02 Å². The lowest BCUT2D eigenvalue weighted by Crippen LogP contribution is -2.24. The highest BCUT2D eigenvalue weighted by Crippen LogP contribution is 2.22. The van der Waals surface area contributed by atoms with Gasteiger partial charge in [0.1, 0.15) is 5.69 Å². The first-order valence-corrected chi connectivity index (χ1v) is 9.33. The fourth-order valence-electron chi connectivity index (χ4n) is 2.59. The van der Waals surface area contributed by atoms with Crippen molar-refractivity contribution in [2.45, 2.75) is 11.4 Å². The van der Waals surface area contributed by atoms with Crippen molar-refractivity contribution in [1.82, 2.24) is 9.88 Å². The molecule has 0 spiro atoms. The maximum absolute atomic E-state index is 12.4. The van der Waals surface area contributed by atoms with Gasteiger partial charge in [0.15, 0.2) is 0 Å². The summed E-state index contributed by atoms with van der Waals surface area (Å²) in [5, 5.41) is 9.41. The van der Waals surface area contributed by atoms with Crippen LogP contribution in [0, 0.1) is 0 Å². The third-order valence-corrected chi connectivity index (χ3v) is 5.11. The largest absolute Gasteiger partial charge is 0.347 e. The van der Waals surface area contributed by atoms with Crippen molar-refractivity contribution >= 4 is 38.4 Å². The van der Waals surface area contributed by atoms with Gasteiger partial charge in [-0.05, 0) is 35.9 Å². The number of primary sulfonamides is 1. The van der Waals surface area contributed by atoms with E-state index in [1.54, 1.807) is 41.9 Å². The number of carbonyl (C=O) groups excluding carboxylic acids is 1. The third-order valence-electron chi connectivity index (χ3n) is 3.95. The van der Waals surface area contributed by atoms with Crippen LogP contribution in [0.15, 0.2) is 53.4 Å². The molecule has 6 nitrogen and oxygen atoms in total. The number of sulfonamides is 1. The first kappa shape index (κ1) is 17.5. The van der Waals surface area contributed by atoms with Gasteiger partial charge in [0, 0.05) is 29.5 Å². The number of fused-ring (bicyclic) bond motifs is 1. The molecule has 25 heavy (non-hydrogen) atoms. The molecule has 0 radical (unpaired) electrons. The maximum atomic E-state index is 12.4. The highest BCUT2D eigenvalue weighted by molar-refractivity contribution is 7.89. The Hall–Kier alpha value is -2.35. The summed E-state index contributed by atoms with van der Waals surface area (Å²) in [7, 11) is -1.92. The number of amides is 1. The molecule has 0 bridgehead atoms. The monoisotopic (exact) mass is 377 g/mol. The molecule has 0 aliphatic heterocycles. The zero-order valence-corrected chi connectivity index (χ0v) is 14.9. The Morgan fingerprint density at radius 1 is 1.16 bits per heavy atom. The molecular formula is C17H16ClN3O3S. The maximum Gasteiger partial charge on any atom is 0.268 e. The average Bonchev–Trinajstić information content (AvgIpc) is 2.89. The second-order valence-corrected chi connectivity index (χ2v) is 7.66. The summed E-state index contributed by atoms with van der Waals surface area (Å²) in [6.45, 7) is 0.270. The lowest BCUT2D eigenvalue weighted by Gasteiger charge is -2.07. The van der Waals surface area contributed by atoms with Gasteiger partial charge in [0.05, 0.1) is 4.90 Å². The van der Waals surface area contributed by atoms with Gasteiger partial charge < -0.3 is 9.88 Å². The second kappa shape index (κ2) is 6.51. The molecule has 130 valence electrons. The minimum atomic E-state index is -3.72. The number of hydrogen-bond acceptors (Lipinski definition) is 3. The van der Waals surface area contributed by atoms with Crippen LogP contribution in [0.4, 0.5) is 0 Å². The van der Waals surface area contributed by atoms with Crippen molar-refractivity contribution in [1.29, 1.82) is 0 Å². The lowest BCUT2D eigenvalue weighted by molar-refractivity contribution is 0.0943. The third kappa shape index (κ3) is 3.68. The molecule has 0 aliphatic rings. The predicted molar refractivity (Wildman–Crippen MR) is 96.9 cm³/mol. The molecule has 1 heterocycles. The van der Waals surface area contributed by atoms with Gasteiger partial charge >= 0.3 is 0 Å². The number of benzene rings is 2. The van der Waals surface area contributed by atoms with E-state index in [1.165, 1.54) is 12.1 Å². The molecule has 0 saturated heterocycles. The van der Waals surface area contributed by atoms with E-state index in [0.29, 0.717) is 10.7 Å². The number of rotatable bonds is 4. The smallest absolute Gasteiger partial charge is 0.268 e. The van der Waals surface area contributed by atoms with E-state index in [2.05, 4.69) is 5.32 Å². The van der Waals surface area contributed by atoms with Crippen LogP contribution in [0.5, 0.6) is 0 Å². The molecule has 0 atom stereocenters. The molecule has 3 rings (SSSR count). The van der Waals surface area contributed by atoms with E-state index >= 15 is 0 Å². The first-order valence-electron chi connectivity index (χ1n) is 7.40. The standard InChI is InChI=1S/C17H16ClN3O3S/c1-21-15-9-13(18)5-4-12(15)8-16(21)17(22)20-10-11-2-6-14(7-3-11)25(19,23)24/h2-9H,10H2,1H3,(H,20,22)(H2,19,23,24). The Balaban J connectivity index is 1.76. The number of halogens is 1. The number of nitrogens with two attached hydrogens (primary N) is 1. The highest BCUT2D eigenvalue weighted by Gasteiger charge is 2.13. The van der Waals surface area contributed by atoms with E-state index in [0.717, 1.165) is 16.5 Å². The molecule has 0 unspecified atom stereocenters. The number of nitrogens with zero attached hydrogens (tertiary/aromatic N) is 1. The van der Waals surface area contributed by atoms with Crippen LogP contribution in [0.1, 0.15) is 16.1 Å². The van der Waals surface area contributed by atoms with Gasteiger partial charge in [-0.1, -0.05) is 29.8 Å². The zero-order chi connectivity index (χ0) is 18.2. The SMILES string of the molecule is Cn1c(C(=O)NCc2ccc(S(N)(=O)=O)cc2)cc2ccc(Cl)cc21. The van der Waals surface area contributed by atoms with Crippen molar-refractivity contribution < 1.29 is 13.2 Å². The minimum absolute atomic E-state index is 0.0353. The molecule has 3 aromatic rings. The van der Waals surface area contributed by atoms with Crippen molar-refractivity contribution in [2.24, 2.45) is 12.2 Å². The van der Waals surface area contributed by atoms with Crippen LogP contribution in [-0.2, 0) is 23.6 Å². The summed E-state index contributed by atoms with van der Waals surface area (Å²) >= 11 is 6.00. The van der Waals surface area contributed by atoms with E-state index in [9.17, 15) is 13.2 Å². The minimum Gasteiger partial charge on any atom is -0.347 e. The van der Waals surface area contributed by atoms with Crippen molar-refractivity contribution in [3.05, 3.63) is 64.8 Å². The Labute approximate surface area is 150 Å².